The van der Waals surface area contributed by atoms with E-state index in [2.05, 4.69) is 6.58 Å². The van der Waals surface area contributed by atoms with Crippen molar-refractivity contribution >= 4 is 23.5 Å². The molecule has 3 saturated heterocycles. The smallest absolute Gasteiger partial charge is 0.312 e. The highest BCUT2D eigenvalue weighted by Crippen LogP contribution is 2.63. The van der Waals surface area contributed by atoms with E-state index in [1.54, 1.807) is 24.8 Å². The first kappa shape index (κ1) is 25.4. The third-order valence-corrected chi connectivity index (χ3v) is 7.96. The molecule has 0 aromatic heterocycles. The second kappa shape index (κ2) is 9.06. The number of hydrogen-bond donors (Lipinski definition) is 1. The van der Waals surface area contributed by atoms with Crippen LogP contribution in [0.1, 0.15) is 44.7 Å². The fourth-order valence-electron chi connectivity index (χ4n) is 6.39. The van der Waals surface area contributed by atoms with Crippen LogP contribution < -0.4 is 4.90 Å². The Morgan fingerprint density at radius 1 is 1.37 bits per heavy atom. The molecule has 4 rings (SSSR count). The summed E-state index contributed by atoms with van der Waals surface area (Å²) in [5.74, 6) is -2.76. The third kappa shape index (κ3) is 3.69. The monoisotopic (exact) mass is 484 g/mol. The molecule has 2 amide bonds. The molecule has 0 radical (unpaired) electrons. The number of ether oxygens (including phenoxy) is 2. The Morgan fingerprint density at radius 2 is 2.09 bits per heavy atom. The van der Waals surface area contributed by atoms with E-state index in [0.29, 0.717) is 12.8 Å². The van der Waals surface area contributed by atoms with Gasteiger partial charge in [-0.3, -0.25) is 14.4 Å². The second-order valence-electron chi connectivity index (χ2n) is 10.3. The van der Waals surface area contributed by atoms with E-state index in [9.17, 15) is 19.5 Å². The van der Waals surface area contributed by atoms with E-state index < -0.39 is 41.1 Å². The lowest BCUT2D eigenvalue weighted by Gasteiger charge is -2.39. The van der Waals surface area contributed by atoms with E-state index in [1.165, 1.54) is 4.90 Å². The third-order valence-electron chi connectivity index (χ3n) is 7.96. The first-order chi connectivity index (χ1) is 16.6. The van der Waals surface area contributed by atoms with E-state index >= 15 is 0 Å². The number of aryl methyl sites for hydroxylation is 2. The van der Waals surface area contributed by atoms with Crippen molar-refractivity contribution in [3.05, 3.63) is 42.0 Å². The van der Waals surface area contributed by atoms with Crippen molar-refractivity contribution in [1.82, 2.24) is 4.90 Å². The van der Waals surface area contributed by atoms with Gasteiger partial charge < -0.3 is 24.4 Å². The molecule has 6 atom stereocenters. The van der Waals surface area contributed by atoms with Gasteiger partial charge in [0.2, 0.25) is 5.91 Å². The predicted molar refractivity (Wildman–Crippen MR) is 131 cm³/mol. The van der Waals surface area contributed by atoms with Crippen LogP contribution in [0.25, 0.3) is 0 Å². The molecule has 190 valence electrons. The van der Waals surface area contributed by atoms with Gasteiger partial charge in [-0.05, 0) is 64.7 Å². The van der Waals surface area contributed by atoms with Gasteiger partial charge in [-0.2, -0.15) is 0 Å². The Balaban J connectivity index is 1.85. The number of carbonyl (C=O) groups excluding carboxylic acids is 3. The summed E-state index contributed by atoms with van der Waals surface area (Å²) in [4.78, 5) is 44.5. The highest BCUT2D eigenvalue weighted by Gasteiger charge is 2.79. The lowest BCUT2D eigenvalue weighted by molar-refractivity contribution is -0.160. The van der Waals surface area contributed by atoms with Gasteiger partial charge in [-0.15, -0.1) is 6.58 Å². The summed E-state index contributed by atoms with van der Waals surface area (Å²) in [7, 11) is 0. The van der Waals surface area contributed by atoms with Gasteiger partial charge in [0.15, 0.2) is 0 Å². The molecule has 1 aromatic carbocycles. The van der Waals surface area contributed by atoms with Crippen LogP contribution in [0.4, 0.5) is 5.69 Å². The molecule has 3 aliphatic heterocycles. The minimum atomic E-state index is -1.17. The molecule has 2 bridgehead atoms. The van der Waals surface area contributed by atoms with Crippen LogP contribution >= 0.6 is 0 Å². The van der Waals surface area contributed by atoms with Crippen molar-refractivity contribution in [2.45, 2.75) is 70.7 Å². The van der Waals surface area contributed by atoms with Crippen LogP contribution in [-0.4, -0.2) is 70.8 Å². The zero-order valence-electron chi connectivity index (χ0n) is 21.2. The number of esters is 1. The molecule has 1 spiro atoms. The summed E-state index contributed by atoms with van der Waals surface area (Å²) < 4.78 is 11.9. The highest BCUT2D eigenvalue weighted by molar-refractivity contribution is 6.05. The lowest BCUT2D eigenvalue weighted by Crippen LogP contribution is -2.58. The maximum Gasteiger partial charge on any atom is 0.312 e. The number of aliphatic hydroxyl groups excluding tert-OH is 1. The predicted octanol–water partition coefficient (Wildman–Crippen LogP) is 2.53. The van der Waals surface area contributed by atoms with Crippen LogP contribution in [0.15, 0.2) is 30.9 Å². The Kier molecular flexibility index (Phi) is 6.57. The summed E-state index contributed by atoms with van der Waals surface area (Å²) in [6.45, 7) is 13.1. The van der Waals surface area contributed by atoms with E-state index in [4.69, 9.17) is 9.47 Å². The fraction of sp³-hybridized carbons (Fsp3) is 0.593. The Hall–Kier alpha value is -2.71. The van der Waals surface area contributed by atoms with Crippen LogP contribution in [-0.2, 0) is 23.9 Å². The molecule has 1 N–H and O–H groups in total. The number of likely N-dealkylation sites (tertiary alicyclic amines) is 1. The fourth-order valence-corrected chi connectivity index (χ4v) is 6.39. The number of carbonyl (C=O) groups is 3. The quantitative estimate of drug-likeness (QED) is 0.450. The molecule has 8 heteroatoms. The Bertz CT molecular complexity index is 1060. The minimum absolute atomic E-state index is 0.193. The molecule has 3 fully saturated rings. The van der Waals surface area contributed by atoms with Gasteiger partial charge >= 0.3 is 5.97 Å². The maximum atomic E-state index is 14.4. The number of aliphatic hydroxyl groups is 1. The van der Waals surface area contributed by atoms with E-state index in [0.717, 1.165) is 16.8 Å². The van der Waals surface area contributed by atoms with Crippen molar-refractivity contribution in [3.63, 3.8) is 0 Å². The summed E-state index contributed by atoms with van der Waals surface area (Å²) in [5.41, 5.74) is 0.598. The second-order valence-corrected chi connectivity index (χ2v) is 10.3. The molecule has 1 aromatic rings. The zero-order valence-corrected chi connectivity index (χ0v) is 21.2. The molecule has 35 heavy (non-hydrogen) atoms. The van der Waals surface area contributed by atoms with E-state index in [1.807, 2.05) is 39.0 Å². The number of nitrogens with zero attached hydrogens (tertiary/aromatic N) is 2. The number of benzene rings is 1. The molecule has 2 unspecified atom stereocenters. The van der Waals surface area contributed by atoms with Crippen LogP contribution in [0.2, 0.25) is 0 Å². The standard InChI is InChI=1S/C27H36N2O6/c1-7-13-28(19-14-16(3)9-10-17(19)4)24(32)22-27-12-11-26(6,35-27)21(25(33)34-8-2)20(27)23(31)29(22)18(5)15-30/h7,9-10,14,18,20-22,30H,1,8,11-13,15H2,2-6H3/t18-,20+,21-,22?,26+,27?/m1/s1. The average molecular weight is 485 g/mol. The average Bonchev–Trinajstić information content (AvgIpc) is 3.39. The van der Waals surface area contributed by atoms with Crippen molar-refractivity contribution in [2.24, 2.45) is 11.8 Å². The summed E-state index contributed by atoms with van der Waals surface area (Å²) in [6, 6.07) is 4.27. The largest absolute Gasteiger partial charge is 0.466 e. The normalized spacial score (nSPS) is 31.9. The van der Waals surface area contributed by atoms with Crippen LogP contribution in [0.5, 0.6) is 0 Å². The summed E-state index contributed by atoms with van der Waals surface area (Å²) >= 11 is 0. The number of anilines is 1. The summed E-state index contributed by atoms with van der Waals surface area (Å²) in [5, 5.41) is 10.0. The van der Waals surface area contributed by atoms with Crippen molar-refractivity contribution in [3.8, 4) is 0 Å². The Labute approximate surface area is 206 Å². The van der Waals surface area contributed by atoms with Gasteiger partial charge in [0.1, 0.15) is 17.6 Å². The SMILES string of the molecule is C=CCN(C(=O)C1N([C@H](C)CO)C(=O)[C@@H]2[C@H](C(=O)OCC)[C@]3(C)CCC12O3)c1cc(C)ccc1C. The van der Waals surface area contributed by atoms with Crippen molar-refractivity contribution in [2.75, 3.05) is 24.7 Å². The first-order valence-electron chi connectivity index (χ1n) is 12.4. The zero-order chi connectivity index (χ0) is 25.7. The van der Waals surface area contributed by atoms with Gasteiger partial charge in [-0.1, -0.05) is 18.2 Å². The van der Waals surface area contributed by atoms with Crippen molar-refractivity contribution in [1.29, 1.82) is 0 Å². The number of hydrogen-bond acceptors (Lipinski definition) is 6. The molecular formula is C27H36N2O6. The molecule has 3 heterocycles. The summed E-state index contributed by atoms with van der Waals surface area (Å²) in [6.07, 6.45) is 2.66. The molecule has 0 aliphatic carbocycles. The van der Waals surface area contributed by atoms with Crippen LogP contribution in [0.3, 0.4) is 0 Å². The maximum absolute atomic E-state index is 14.4. The van der Waals surface area contributed by atoms with Gasteiger partial charge in [0.05, 0.1) is 30.8 Å². The number of fused-ring (bicyclic) bond motifs is 1. The minimum Gasteiger partial charge on any atom is -0.466 e. The lowest BCUT2D eigenvalue weighted by atomic mass is 9.66. The topological polar surface area (TPSA) is 96.4 Å². The number of amides is 2. The van der Waals surface area contributed by atoms with Crippen molar-refractivity contribution < 1.29 is 29.0 Å². The van der Waals surface area contributed by atoms with Gasteiger partial charge in [0, 0.05) is 12.2 Å². The van der Waals surface area contributed by atoms with E-state index in [-0.39, 0.29) is 31.6 Å². The highest BCUT2D eigenvalue weighted by atomic mass is 16.6. The molecular weight excluding hydrogens is 448 g/mol. The number of rotatable bonds is 8. The molecule has 0 saturated carbocycles. The molecule has 8 nitrogen and oxygen atoms in total. The van der Waals surface area contributed by atoms with Gasteiger partial charge in [-0.25, -0.2) is 0 Å². The first-order valence-corrected chi connectivity index (χ1v) is 12.4. The Morgan fingerprint density at radius 3 is 2.71 bits per heavy atom. The molecule has 3 aliphatic rings. The van der Waals surface area contributed by atoms with Gasteiger partial charge in [0.25, 0.3) is 5.91 Å². The van der Waals surface area contributed by atoms with Crippen LogP contribution in [0, 0.1) is 25.7 Å².